The Bertz CT molecular complexity index is 658. The molecule has 0 bridgehead atoms. The lowest BCUT2D eigenvalue weighted by Crippen LogP contribution is -2.48. The van der Waals surface area contributed by atoms with Crippen molar-refractivity contribution in [3.8, 4) is 12.3 Å². The highest BCUT2D eigenvalue weighted by Crippen LogP contribution is 2.64. The van der Waals surface area contributed by atoms with Gasteiger partial charge in [0.05, 0.1) is 12.9 Å². The van der Waals surface area contributed by atoms with Gasteiger partial charge in [0.15, 0.2) is 0 Å². The zero-order valence-corrected chi connectivity index (χ0v) is 14.7. The SMILES string of the molecule is C#CC1=CCC2C3CC=C4C=C(OC)CCC4(C)C3CCC12C. The number of terminal acetylenes is 1. The van der Waals surface area contributed by atoms with Gasteiger partial charge in [-0.2, -0.15) is 0 Å². The van der Waals surface area contributed by atoms with E-state index in [2.05, 4.69) is 38.0 Å². The summed E-state index contributed by atoms with van der Waals surface area (Å²) in [7, 11) is 1.80. The van der Waals surface area contributed by atoms with Gasteiger partial charge in [-0.1, -0.05) is 31.9 Å². The minimum absolute atomic E-state index is 0.264. The first-order valence-electron chi connectivity index (χ1n) is 9.15. The molecule has 0 aliphatic heterocycles. The maximum atomic E-state index is 5.80. The van der Waals surface area contributed by atoms with Gasteiger partial charge in [0, 0.05) is 17.4 Å². The zero-order valence-electron chi connectivity index (χ0n) is 14.7. The highest BCUT2D eigenvalue weighted by molar-refractivity contribution is 5.41. The molecule has 23 heavy (non-hydrogen) atoms. The molecule has 1 saturated carbocycles. The second-order valence-corrected chi connectivity index (χ2v) is 8.46. The molecule has 5 unspecified atom stereocenters. The van der Waals surface area contributed by atoms with Crippen LogP contribution in [0.25, 0.3) is 0 Å². The third-order valence-electron chi connectivity index (χ3n) is 7.73. The topological polar surface area (TPSA) is 9.23 Å². The molecular formula is C22H28O. The smallest absolute Gasteiger partial charge is 0.0958 e. The molecule has 0 heterocycles. The van der Waals surface area contributed by atoms with E-state index < -0.39 is 0 Å². The van der Waals surface area contributed by atoms with E-state index in [1.54, 1.807) is 7.11 Å². The van der Waals surface area contributed by atoms with Gasteiger partial charge in [0.1, 0.15) is 0 Å². The van der Waals surface area contributed by atoms with Crippen LogP contribution in [0, 0.1) is 40.9 Å². The molecule has 0 spiro atoms. The van der Waals surface area contributed by atoms with Crippen LogP contribution in [0.5, 0.6) is 0 Å². The average molecular weight is 308 g/mol. The Kier molecular flexibility index (Phi) is 3.31. The first kappa shape index (κ1) is 15.1. The third-order valence-corrected chi connectivity index (χ3v) is 7.73. The fraction of sp³-hybridized carbons (Fsp3) is 0.636. The van der Waals surface area contributed by atoms with Gasteiger partial charge in [-0.15, -0.1) is 6.42 Å². The van der Waals surface area contributed by atoms with Crippen molar-refractivity contribution in [2.75, 3.05) is 7.11 Å². The summed E-state index contributed by atoms with van der Waals surface area (Å²) in [6.07, 6.45) is 20.3. The molecule has 0 radical (unpaired) electrons. The van der Waals surface area contributed by atoms with Crippen molar-refractivity contribution in [3.05, 3.63) is 35.1 Å². The largest absolute Gasteiger partial charge is 0.501 e. The Morgan fingerprint density at radius 1 is 1.13 bits per heavy atom. The lowest BCUT2D eigenvalue weighted by molar-refractivity contribution is -0.0101. The van der Waals surface area contributed by atoms with E-state index in [9.17, 15) is 0 Å². The molecule has 5 atom stereocenters. The summed E-state index contributed by atoms with van der Waals surface area (Å²) in [6, 6.07) is 0. The fourth-order valence-electron chi connectivity index (χ4n) is 6.25. The highest BCUT2D eigenvalue weighted by atomic mass is 16.5. The van der Waals surface area contributed by atoms with Crippen molar-refractivity contribution >= 4 is 0 Å². The summed E-state index contributed by atoms with van der Waals surface area (Å²) in [5.41, 5.74) is 3.42. The third kappa shape index (κ3) is 1.94. The monoisotopic (exact) mass is 308 g/mol. The molecule has 4 aliphatic rings. The molecule has 122 valence electrons. The van der Waals surface area contributed by atoms with E-state index in [4.69, 9.17) is 11.2 Å². The number of hydrogen-bond acceptors (Lipinski definition) is 1. The Morgan fingerprint density at radius 2 is 1.96 bits per heavy atom. The van der Waals surface area contributed by atoms with Crippen LogP contribution in [0.2, 0.25) is 0 Å². The molecule has 1 fully saturated rings. The van der Waals surface area contributed by atoms with Crippen LogP contribution in [0.15, 0.2) is 35.1 Å². The number of rotatable bonds is 1. The molecule has 0 aromatic carbocycles. The van der Waals surface area contributed by atoms with Crippen molar-refractivity contribution < 1.29 is 4.74 Å². The van der Waals surface area contributed by atoms with Crippen molar-refractivity contribution in [2.24, 2.45) is 28.6 Å². The van der Waals surface area contributed by atoms with Gasteiger partial charge < -0.3 is 4.74 Å². The summed E-state index contributed by atoms with van der Waals surface area (Å²) in [6.45, 7) is 4.93. The van der Waals surface area contributed by atoms with Gasteiger partial charge in [-0.25, -0.2) is 0 Å². The van der Waals surface area contributed by atoms with Crippen LogP contribution in [0.4, 0.5) is 0 Å². The Morgan fingerprint density at radius 3 is 2.70 bits per heavy atom. The van der Waals surface area contributed by atoms with E-state index in [1.165, 1.54) is 43.3 Å². The van der Waals surface area contributed by atoms with Crippen molar-refractivity contribution in [3.63, 3.8) is 0 Å². The van der Waals surface area contributed by atoms with Crippen LogP contribution in [-0.4, -0.2) is 7.11 Å². The minimum atomic E-state index is 0.264. The minimum Gasteiger partial charge on any atom is -0.501 e. The summed E-state index contributed by atoms with van der Waals surface area (Å²) in [4.78, 5) is 0. The van der Waals surface area contributed by atoms with E-state index in [0.717, 1.165) is 29.9 Å². The molecule has 4 rings (SSSR count). The predicted octanol–water partition coefficient (Wildman–Crippen LogP) is 5.26. The Labute approximate surface area is 140 Å². The van der Waals surface area contributed by atoms with Crippen molar-refractivity contribution in [1.29, 1.82) is 0 Å². The second-order valence-electron chi connectivity index (χ2n) is 8.46. The molecule has 0 saturated heterocycles. The van der Waals surface area contributed by atoms with Gasteiger partial charge in [-0.3, -0.25) is 0 Å². The van der Waals surface area contributed by atoms with Gasteiger partial charge >= 0.3 is 0 Å². The average Bonchev–Trinajstić information content (AvgIpc) is 2.90. The van der Waals surface area contributed by atoms with E-state index >= 15 is 0 Å². The van der Waals surface area contributed by atoms with E-state index in [0.29, 0.717) is 5.41 Å². The van der Waals surface area contributed by atoms with Crippen LogP contribution in [0.3, 0.4) is 0 Å². The number of hydrogen-bond donors (Lipinski definition) is 0. The summed E-state index contributed by atoms with van der Waals surface area (Å²) < 4.78 is 5.52. The van der Waals surface area contributed by atoms with Crippen LogP contribution in [-0.2, 0) is 4.74 Å². The summed E-state index contributed by atoms with van der Waals surface area (Å²) in [5, 5.41) is 0. The molecule has 1 heteroatoms. The van der Waals surface area contributed by atoms with Crippen LogP contribution >= 0.6 is 0 Å². The number of methoxy groups -OCH3 is 1. The number of ether oxygens (including phenoxy) is 1. The molecule has 4 aliphatic carbocycles. The van der Waals surface area contributed by atoms with Crippen LogP contribution < -0.4 is 0 Å². The first-order valence-corrected chi connectivity index (χ1v) is 9.15. The molecule has 1 nitrogen and oxygen atoms in total. The Balaban J connectivity index is 1.69. The first-order chi connectivity index (χ1) is 11.0. The number of allylic oxidation sites excluding steroid dienone is 6. The molecular weight excluding hydrogens is 280 g/mol. The van der Waals surface area contributed by atoms with Crippen molar-refractivity contribution in [1.82, 2.24) is 0 Å². The zero-order chi connectivity index (χ0) is 16.2. The maximum absolute atomic E-state index is 5.80. The van der Waals surface area contributed by atoms with Crippen molar-refractivity contribution in [2.45, 2.75) is 52.4 Å². The Hall–Kier alpha value is -1.42. The fourth-order valence-corrected chi connectivity index (χ4v) is 6.25. The molecule has 0 aromatic heterocycles. The van der Waals surface area contributed by atoms with Gasteiger partial charge in [0.2, 0.25) is 0 Å². The maximum Gasteiger partial charge on any atom is 0.0958 e. The molecule has 0 aromatic rings. The van der Waals surface area contributed by atoms with E-state index in [1.807, 2.05) is 0 Å². The predicted molar refractivity (Wildman–Crippen MR) is 94.5 cm³/mol. The molecule has 0 amide bonds. The highest BCUT2D eigenvalue weighted by Gasteiger charge is 2.56. The lowest BCUT2D eigenvalue weighted by Gasteiger charge is -2.56. The lowest BCUT2D eigenvalue weighted by atomic mass is 9.48. The van der Waals surface area contributed by atoms with Crippen LogP contribution in [0.1, 0.15) is 52.4 Å². The number of fused-ring (bicyclic) bond motifs is 5. The normalized spacial score (nSPS) is 44.8. The summed E-state index contributed by atoms with van der Waals surface area (Å²) >= 11 is 0. The second kappa shape index (κ2) is 5.04. The van der Waals surface area contributed by atoms with Gasteiger partial charge in [-0.05, 0) is 66.9 Å². The summed E-state index contributed by atoms with van der Waals surface area (Å²) in [5.74, 6) is 6.50. The standard InChI is InChI=1S/C22H28O/c1-5-15-7-9-19-18-8-6-16-14-17(23-4)10-12-22(16,3)20(18)11-13-21(15,19)2/h1,6-7,14,18-20H,8-13H2,2-4H3. The quantitative estimate of drug-likeness (QED) is 0.600. The molecule has 0 N–H and O–H groups in total. The van der Waals surface area contributed by atoms with E-state index in [-0.39, 0.29) is 5.41 Å². The van der Waals surface area contributed by atoms with Gasteiger partial charge in [0.25, 0.3) is 0 Å².